The fourth-order valence-electron chi connectivity index (χ4n) is 3.37. The minimum absolute atomic E-state index is 0. The monoisotopic (exact) mass is 532 g/mol. The molecule has 8 heteroatoms. The van der Waals surface area contributed by atoms with Gasteiger partial charge in [-0.3, -0.25) is 4.79 Å². The van der Waals surface area contributed by atoms with E-state index < -0.39 is 0 Å². The number of aliphatic imine (C=N–C) groups is 1. The van der Waals surface area contributed by atoms with Gasteiger partial charge in [0, 0.05) is 38.7 Å². The Morgan fingerprint density at radius 3 is 2.80 bits per heavy atom. The fraction of sp³-hybridized carbons (Fsp3) is 0.636. The molecule has 2 rings (SSSR count). The van der Waals surface area contributed by atoms with Crippen molar-refractivity contribution in [1.82, 2.24) is 15.5 Å². The number of amides is 1. The summed E-state index contributed by atoms with van der Waals surface area (Å²) in [5.41, 5.74) is 0. The number of methoxy groups -OCH3 is 1. The van der Waals surface area contributed by atoms with Gasteiger partial charge >= 0.3 is 0 Å². The third kappa shape index (κ3) is 9.40. The molecule has 0 spiro atoms. The fourth-order valence-corrected chi connectivity index (χ4v) is 3.37. The largest absolute Gasteiger partial charge is 0.497 e. The minimum Gasteiger partial charge on any atom is -0.497 e. The molecule has 0 radical (unpaired) electrons. The molecule has 170 valence electrons. The maximum absolute atomic E-state index is 12.4. The lowest BCUT2D eigenvalue weighted by atomic mass is 10.00. The van der Waals surface area contributed by atoms with Crippen LogP contribution in [0.15, 0.2) is 29.3 Å². The van der Waals surface area contributed by atoms with E-state index in [1.807, 2.05) is 43.0 Å². The number of piperidine rings is 1. The van der Waals surface area contributed by atoms with Crippen LogP contribution >= 0.6 is 24.0 Å². The standard InChI is InChI=1S/C22H36N4O3.HI/c1-5-23-22(24-12-11-21(27)26-13-7-8-17(2)16-26)25-15-18(3)29-20-10-6-9-19(14-20)28-4;/h6,9-10,14,17-18H,5,7-8,11-13,15-16H2,1-4H3,(H2,23,24,25);1H. The Kier molecular flexibility index (Phi) is 12.6. The number of hydrogen-bond acceptors (Lipinski definition) is 4. The van der Waals surface area contributed by atoms with Gasteiger partial charge < -0.3 is 25.0 Å². The molecule has 2 unspecified atom stereocenters. The first-order chi connectivity index (χ1) is 14.0. The van der Waals surface area contributed by atoms with Crippen LogP contribution in [0.1, 0.15) is 40.0 Å². The zero-order chi connectivity index (χ0) is 21.1. The number of rotatable bonds is 9. The highest BCUT2D eigenvalue weighted by molar-refractivity contribution is 14.0. The number of halogens is 1. The van der Waals surface area contributed by atoms with Crippen molar-refractivity contribution in [3.63, 3.8) is 0 Å². The highest BCUT2D eigenvalue weighted by atomic mass is 127. The summed E-state index contributed by atoms with van der Waals surface area (Å²) >= 11 is 0. The van der Waals surface area contributed by atoms with E-state index in [2.05, 4.69) is 22.5 Å². The molecule has 1 aliphatic heterocycles. The molecular formula is C22H37IN4O3. The molecule has 1 aromatic carbocycles. The maximum Gasteiger partial charge on any atom is 0.224 e. The summed E-state index contributed by atoms with van der Waals surface area (Å²) in [6.07, 6.45) is 2.71. The lowest BCUT2D eigenvalue weighted by Crippen LogP contribution is -2.42. The number of carbonyl (C=O) groups excluding carboxylic acids is 1. The molecule has 30 heavy (non-hydrogen) atoms. The van der Waals surface area contributed by atoms with E-state index in [0.29, 0.717) is 31.4 Å². The highest BCUT2D eigenvalue weighted by Crippen LogP contribution is 2.20. The van der Waals surface area contributed by atoms with Crippen molar-refractivity contribution in [1.29, 1.82) is 0 Å². The first kappa shape index (κ1) is 26.3. The van der Waals surface area contributed by atoms with Gasteiger partial charge in [0.1, 0.15) is 17.6 Å². The smallest absolute Gasteiger partial charge is 0.224 e. The molecule has 1 aliphatic rings. The summed E-state index contributed by atoms with van der Waals surface area (Å²) < 4.78 is 11.1. The molecule has 1 amide bonds. The first-order valence-corrected chi connectivity index (χ1v) is 10.6. The van der Waals surface area contributed by atoms with E-state index in [9.17, 15) is 4.79 Å². The Labute approximate surface area is 198 Å². The van der Waals surface area contributed by atoms with E-state index in [1.165, 1.54) is 6.42 Å². The summed E-state index contributed by atoms with van der Waals surface area (Å²) in [7, 11) is 1.64. The zero-order valence-corrected chi connectivity index (χ0v) is 21.0. The summed E-state index contributed by atoms with van der Waals surface area (Å²) in [5.74, 6) is 3.04. The average Bonchev–Trinajstić information content (AvgIpc) is 2.72. The number of nitrogens with zero attached hydrogens (tertiary/aromatic N) is 2. The predicted octanol–water partition coefficient (Wildman–Crippen LogP) is 3.28. The molecule has 2 atom stereocenters. The van der Waals surface area contributed by atoms with Crippen molar-refractivity contribution >= 4 is 35.8 Å². The normalized spacial score (nSPS) is 17.5. The van der Waals surface area contributed by atoms with E-state index in [1.54, 1.807) is 7.11 Å². The number of nitrogens with one attached hydrogen (secondary N) is 2. The minimum atomic E-state index is -0.0889. The van der Waals surface area contributed by atoms with E-state index in [0.717, 1.165) is 37.6 Å². The maximum atomic E-state index is 12.4. The van der Waals surface area contributed by atoms with Gasteiger partial charge in [-0.05, 0) is 44.7 Å². The van der Waals surface area contributed by atoms with Crippen molar-refractivity contribution in [2.75, 3.05) is 39.8 Å². The molecule has 7 nitrogen and oxygen atoms in total. The van der Waals surface area contributed by atoms with Crippen LogP contribution in [0.3, 0.4) is 0 Å². The van der Waals surface area contributed by atoms with Gasteiger partial charge in [-0.25, -0.2) is 4.99 Å². The first-order valence-electron chi connectivity index (χ1n) is 10.6. The molecule has 1 saturated heterocycles. The summed E-state index contributed by atoms with van der Waals surface area (Å²) in [5, 5.41) is 6.47. The van der Waals surface area contributed by atoms with Crippen molar-refractivity contribution in [2.45, 2.75) is 46.1 Å². The van der Waals surface area contributed by atoms with Crippen molar-refractivity contribution in [3.8, 4) is 11.5 Å². The zero-order valence-electron chi connectivity index (χ0n) is 18.6. The second kappa shape index (κ2) is 14.3. The van der Waals surface area contributed by atoms with Gasteiger partial charge in [-0.1, -0.05) is 13.0 Å². The summed E-state index contributed by atoms with van der Waals surface area (Å²) in [4.78, 5) is 19.0. The van der Waals surface area contributed by atoms with Gasteiger partial charge in [0.05, 0.1) is 13.7 Å². The second-order valence-electron chi connectivity index (χ2n) is 7.59. The topological polar surface area (TPSA) is 75.2 Å². The van der Waals surface area contributed by atoms with Crippen LogP contribution in [-0.2, 0) is 4.79 Å². The number of carbonyl (C=O) groups is 1. The Morgan fingerprint density at radius 1 is 1.33 bits per heavy atom. The Bertz CT molecular complexity index is 672. The van der Waals surface area contributed by atoms with Gasteiger partial charge in [0.2, 0.25) is 5.91 Å². The van der Waals surface area contributed by atoms with Crippen LogP contribution < -0.4 is 20.1 Å². The SMILES string of the molecule is CCNC(=NCC(C)Oc1cccc(OC)c1)NCCC(=O)N1CCCC(C)C1.I. The van der Waals surface area contributed by atoms with Crippen LogP contribution in [-0.4, -0.2) is 62.7 Å². The molecule has 0 bridgehead atoms. The van der Waals surface area contributed by atoms with Crippen LogP contribution in [0, 0.1) is 5.92 Å². The predicted molar refractivity (Wildman–Crippen MR) is 132 cm³/mol. The number of ether oxygens (including phenoxy) is 2. The number of benzene rings is 1. The molecule has 2 N–H and O–H groups in total. The van der Waals surface area contributed by atoms with Gasteiger partial charge in [0.15, 0.2) is 5.96 Å². The molecule has 1 fully saturated rings. The van der Waals surface area contributed by atoms with Crippen LogP contribution in [0.4, 0.5) is 0 Å². The molecular weight excluding hydrogens is 495 g/mol. The van der Waals surface area contributed by atoms with Crippen molar-refractivity contribution < 1.29 is 14.3 Å². The number of guanidine groups is 1. The molecule has 0 aromatic heterocycles. The number of hydrogen-bond donors (Lipinski definition) is 2. The quantitative estimate of drug-likeness (QED) is 0.290. The van der Waals surface area contributed by atoms with Crippen LogP contribution in [0.25, 0.3) is 0 Å². The third-order valence-corrected chi connectivity index (χ3v) is 4.87. The van der Waals surface area contributed by atoms with Gasteiger partial charge in [0.25, 0.3) is 0 Å². The highest BCUT2D eigenvalue weighted by Gasteiger charge is 2.20. The van der Waals surface area contributed by atoms with Crippen molar-refractivity contribution in [2.24, 2.45) is 10.9 Å². The summed E-state index contributed by atoms with van der Waals surface area (Å²) in [6, 6.07) is 7.54. The molecule has 1 aromatic rings. The van der Waals surface area contributed by atoms with E-state index in [-0.39, 0.29) is 36.0 Å². The lowest BCUT2D eigenvalue weighted by molar-refractivity contribution is -0.132. The Morgan fingerprint density at radius 2 is 2.10 bits per heavy atom. The van der Waals surface area contributed by atoms with Crippen LogP contribution in [0.5, 0.6) is 11.5 Å². The van der Waals surface area contributed by atoms with Gasteiger partial charge in [-0.2, -0.15) is 0 Å². The second-order valence-corrected chi connectivity index (χ2v) is 7.59. The molecule has 0 aliphatic carbocycles. The molecule has 0 saturated carbocycles. The molecule has 1 heterocycles. The summed E-state index contributed by atoms with van der Waals surface area (Å²) in [6.45, 7) is 9.81. The Hall–Kier alpha value is -1.71. The van der Waals surface area contributed by atoms with Gasteiger partial charge in [-0.15, -0.1) is 24.0 Å². The number of likely N-dealkylation sites (tertiary alicyclic amines) is 1. The Balaban J connectivity index is 0.00000450. The average molecular weight is 532 g/mol. The third-order valence-electron chi connectivity index (χ3n) is 4.87. The van der Waals surface area contributed by atoms with Crippen LogP contribution in [0.2, 0.25) is 0 Å². The van der Waals surface area contributed by atoms with E-state index in [4.69, 9.17) is 9.47 Å². The lowest BCUT2D eigenvalue weighted by Gasteiger charge is -2.31. The van der Waals surface area contributed by atoms with E-state index >= 15 is 0 Å². The van der Waals surface area contributed by atoms with Crippen molar-refractivity contribution in [3.05, 3.63) is 24.3 Å².